The summed E-state index contributed by atoms with van der Waals surface area (Å²) in [5.41, 5.74) is -0.103. The van der Waals surface area contributed by atoms with Gasteiger partial charge in [-0.3, -0.25) is 14.9 Å². The molecular weight excluding hydrogens is 296 g/mol. The van der Waals surface area contributed by atoms with Crippen molar-refractivity contribution in [1.29, 1.82) is 0 Å². The molecule has 0 bridgehead atoms. The lowest BCUT2D eigenvalue weighted by atomic mass is 10.0. The van der Waals surface area contributed by atoms with Gasteiger partial charge in [0.05, 0.1) is 4.92 Å². The zero-order valence-electron chi connectivity index (χ0n) is 11.8. The Kier molecular flexibility index (Phi) is 4.11. The molecule has 0 amide bonds. The number of carbonyl (C=O) groups excluding carboxylic acids is 1. The molecule has 8 heteroatoms. The highest BCUT2D eigenvalue weighted by Crippen LogP contribution is 2.31. The minimum absolute atomic E-state index is 0.0146. The number of hydrogen-bond acceptors (Lipinski definition) is 5. The van der Waals surface area contributed by atoms with Crippen molar-refractivity contribution < 1.29 is 18.1 Å². The summed E-state index contributed by atoms with van der Waals surface area (Å²) in [7, 11) is -3.99. The van der Waals surface area contributed by atoms with E-state index in [1.807, 2.05) is 0 Å². The summed E-state index contributed by atoms with van der Waals surface area (Å²) in [5.74, 6) is -0.377. The third kappa shape index (κ3) is 2.81. The highest BCUT2D eigenvalue weighted by molar-refractivity contribution is 7.89. The quantitative estimate of drug-likeness (QED) is 0.622. The molecule has 1 heterocycles. The van der Waals surface area contributed by atoms with Gasteiger partial charge in [-0.1, -0.05) is 19.1 Å². The zero-order valence-corrected chi connectivity index (χ0v) is 12.6. The van der Waals surface area contributed by atoms with E-state index in [0.717, 1.165) is 4.31 Å². The van der Waals surface area contributed by atoms with Gasteiger partial charge in [-0.05, 0) is 12.5 Å². The summed E-state index contributed by atoms with van der Waals surface area (Å²) in [4.78, 5) is 21.6. The van der Waals surface area contributed by atoms with Crippen LogP contribution in [-0.4, -0.2) is 36.5 Å². The summed E-state index contributed by atoms with van der Waals surface area (Å²) in [6, 6.07) is 4.16. The van der Waals surface area contributed by atoms with Gasteiger partial charge in [-0.2, -0.15) is 4.31 Å². The van der Waals surface area contributed by atoms with Crippen LogP contribution < -0.4 is 0 Å². The molecule has 0 radical (unpaired) electrons. The van der Waals surface area contributed by atoms with Gasteiger partial charge < -0.3 is 0 Å². The highest BCUT2D eigenvalue weighted by Gasteiger charge is 2.37. The van der Waals surface area contributed by atoms with Crippen LogP contribution in [0.5, 0.6) is 0 Å². The van der Waals surface area contributed by atoms with Crippen LogP contribution >= 0.6 is 0 Å². The van der Waals surface area contributed by atoms with Gasteiger partial charge in [0.15, 0.2) is 4.90 Å². The van der Waals surface area contributed by atoms with Crippen LogP contribution in [-0.2, 0) is 14.8 Å². The Bertz CT molecular complexity index is 699. The molecule has 1 unspecified atom stereocenters. The Morgan fingerprint density at radius 3 is 2.62 bits per heavy atom. The standard InChI is InChI=1S/C13H16N2O5S/c1-9-4-3-5-11(15(17)18)13(9)21(19,20)14-7-6-12(16)10(2)8-14/h3-5,10H,6-8H2,1-2H3. The fourth-order valence-electron chi connectivity index (χ4n) is 2.44. The topological polar surface area (TPSA) is 97.6 Å². The molecule has 1 saturated heterocycles. The van der Waals surface area contributed by atoms with E-state index in [1.165, 1.54) is 25.1 Å². The lowest BCUT2D eigenvalue weighted by molar-refractivity contribution is -0.387. The van der Waals surface area contributed by atoms with Crippen molar-refractivity contribution in [2.24, 2.45) is 5.92 Å². The molecule has 0 spiro atoms. The van der Waals surface area contributed by atoms with Crippen molar-refractivity contribution in [3.63, 3.8) is 0 Å². The molecule has 1 fully saturated rings. The van der Waals surface area contributed by atoms with Crippen molar-refractivity contribution in [2.45, 2.75) is 25.2 Å². The Labute approximate surface area is 122 Å². The summed E-state index contributed by atoms with van der Waals surface area (Å²) >= 11 is 0. The number of benzene rings is 1. The minimum Gasteiger partial charge on any atom is -0.299 e. The first-order chi connectivity index (χ1) is 9.75. The summed E-state index contributed by atoms with van der Waals surface area (Å²) in [6.07, 6.45) is 0.139. The SMILES string of the molecule is Cc1cccc([N+](=O)[O-])c1S(=O)(=O)N1CCC(=O)C(C)C1. The second kappa shape index (κ2) is 5.53. The largest absolute Gasteiger partial charge is 0.299 e. The normalized spacial score (nSPS) is 20.5. The Morgan fingerprint density at radius 2 is 2.05 bits per heavy atom. The molecule has 1 aromatic rings. The number of nitro groups is 1. The van der Waals surface area contributed by atoms with Gasteiger partial charge in [-0.25, -0.2) is 8.42 Å². The molecule has 2 rings (SSSR count). The highest BCUT2D eigenvalue weighted by atomic mass is 32.2. The van der Waals surface area contributed by atoms with Crippen molar-refractivity contribution >= 4 is 21.5 Å². The van der Waals surface area contributed by atoms with E-state index >= 15 is 0 Å². The lowest BCUT2D eigenvalue weighted by Crippen LogP contribution is -2.43. The number of ketones is 1. The number of rotatable bonds is 3. The summed E-state index contributed by atoms with van der Waals surface area (Å²) in [6.45, 7) is 3.32. The number of carbonyl (C=O) groups is 1. The number of Topliss-reactive ketones (excluding diaryl/α,β-unsaturated/α-hetero) is 1. The van der Waals surface area contributed by atoms with Crippen molar-refractivity contribution in [3.8, 4) is 0 Å². The van der Waals surface area contributed by atoms with Crippen LogP contribution in [0.25, 0.3) is 0 Å². The predicted molar refractivity (Wildman–Crippen MR) is 75.4 cm³/mol. The van der Waals surface area contributed by atoms with Crippen LogP contribution in [0, 0.1) is 23.0 Å². The maximum Gasteiger partial charge on any atom is 0.289 e. The monoisotopic (exact) mass is 312 g/mol. The molecule has 1 aliphatic heterocycles. The van der Waals surface area contributed by atoms with E-state index in [0.29, 0.717) is 5.56 Å². The van der Waals surface area contributed by atoms with Gasteiger partial charge >= 0.3 is 0 Å². The minimum atomic E-state index is -3.99. The summed E-state index contributed by atoms with van der Waals surface area (Å²) in [5, 5.41) is 11.1. The molecule has 0 N–H and O–H groups in total. The van der Waals surface area contributed by atoms with Crippen LogP contribution in [0.4, 0.5) is 5.69 Å². The molecule has 1 aromatic carbocycles. The van der Waals surface area contributed by atoms with E-state index in [1.54, 1.807) is 6.92 Å². The van der Waals surface area contributed by atoms with Crippen molar-refractivity contribution in [3.05, 3.63) is 33.9 Å². The Balaban J connectivity index is 2.50. The first-order valence-corrected chi connectivity index (χ1v) is 7.96. The Morgan fingerprint density at radius 1 is 1.38 bits per heavy atom. The molecule has 0 aromatic heterocycles. The van der Waals surface area contributed by atoms with Crippen molar-refractivity contribution in [2.75, 3.05) is 13.1 Å². The average molecular weight is 312 g/mol. The average Bonchev–Trinajstić information content (AvgIpc) is 2.41. The number of piperidine rings is 1. The molecule has 1 atom stereocenters. The maximum absolute atomic E-state index is 12.7. The van der Waals surface area contributed by atoms with E-state index in [4.69, 9.17) is 0 Å². The van der Waals surface area contributed by atoms with Crippen LogP contribution in [0.2, 0.25) is 0 Å². The number of aryl methyl sites for hydroxylation is 1. The van der Waals surface area contributed by atoms with E-state index in [9.17, 15) is 23.3 Å². The smallest absolute Gasteiger partial charge is 0.289 e. The first-order valence-electron chi connectivity index (χ1n) is 6.52. The van der Waals surface area contributed by atoms with E-state index in [-0.39, 0.29) is 30.2 Å². The van der Waals surface area contributed by atoms with Gasteiger partial charge in [0, 0.05) is 31.5 Å². The molecule has 21 heavy (non-hydrogen) atoms. The zero-order chi connectivity index (χ0) is 15.8. The molecule has 7 nitrogen and oxygen atoms in total. The third-order valence-electron chi connectivity index (χ3n) is 3.62. The molecular formula is C13H16N2O5S. The fourth-order valence-corrected chi connectivity index (χ4v) is 4.34. The lowest BCUT2D eigenvalue weighted by Gasteiger charge is -2.29. The second-order valence-electron chi connectivity index (χ2n) is 5.16. The summed E-state index contributed by atoms with van der Waals surface area (Å²) < 4.78 is 26.6. The molecule has 1 aliphatic rings. The maximum atomic E-state index is 12.7. The predicted octanol–water partition coefficient (Wildman–Crippen LogP) is 1.50. The van der Waals surface area contributed by atoms with Crippen LogP contribution in [0.1, 0.15) is 18.9 Å². The third-order valence-corrected chi connectivity index (χ3v) is 5.68. The van der Waals surface area contributed by atoms with Gasteiger partial charge in [0.2, 0.25) is 10.0 Å². The fraction of sp³-hybridized carbons (Fsp3) is 0.462. The number of nitro benzene ring substituents is 1. The van der Waals surface area contributed by atoms with Crippen LogP contribution in [0.15, 0.2) is 23.1 Å². The van der Waals surface area contributed by atoms with Crippen LogP contribution in [0.3, 0.4) is 0 Å². The van der Waals surface area contributed by atoms with E-state index < -0.39 is 26.6 Å². The molecule has 0 aliphatic carbocycles. The number of sulfonamides is 1. The second-order valence-corrected chi connectivity index (χ2v) is 7.04. The number of hydrogen-bond donors (Lipinski definition) is 0. The van der Waals surface area contributed by atoms with Gasteiger partial charge in [0.25, 0.3) is 5.69 Å². The van der Waals surface area contributed by atoms with Crippen molar-refractivity contribution in [1.82, 2.24) is 4.31 Å². The van der Waals surface area contributed by atoms with Gasteiger partial charge in [0.1, 0.15) is 5.78 Å². The molecule has 114 valence electrons. The van der Waals surface area contributed by atoms with Gasteiger partial charge in [-0.15, -0.1) is 0 Å². The molecule has 0 saturated carbocycles. The Hall–Kier alpha value is -1.80. The first kappa shape index (κ1) is 15.6. The van der Waals surface area contributed by atoms with E-state index in [2.05, 4.69) is 0 Å². The number of nitrogens with zero attached hydrogens (tertiary/aromatic N) is 2.